The smallest absolute Gasteiger partial charge is 0.407 e. The van der Waals surface area contributed by atoms with Gasteiger partial charge in [-0.05, 0) is 32.1 Å². The second-order valence-electron chi connectivity index (χ2n) is 5.12. The molecule has 0 aromatic rings. The van der Waals surface area contributed by atoms with E-state index >= 15 is 0 Å². The molecule has 2 aliphatic carbocycles. The van der Waals surface area contributed by atoms with Crippen molar-refractivity contribution in [2.24, 2.45) is 0 Å². The maximum Gasteiger partial charge on any atom is 0.407 e. The highest BCUT2D eigenvalue weighted by molar-refractivity contribution is 5.68. The Balaban J connectivity index is 1.89. The second kappa shape index (κ2) is 5.89. The van der Waals surface area contributed by atoms with Gasteiger partial charge in [0.25, 0.3) is 0 Å². The summed E-state index contributed by atoms with van der Waals surface area (Å²) in [5.74, 6) is -0.698. The molecule has 0 spiro atoms. The van der Waals surface area contributed by atoms with Gasteiger partial charge in [0, 0.05) is 20.6 Å². The van der Waals surface area contributed by atoms with E-state index in [0.717, 1.165) is 44.9 Å². The van der Waals surface area contributed by atoms with Crippen LogP contribution in [0.2, 0.25) is 0 Å². The van der Waals surface area contributed by atoms with Gasteiger partial charge in [0.2, 0.25) is 0 Å². The Morgan fingerprint density at radius 1 is 1.11 bits per heavy atom. The van der Waals surface area contributed by atoms with E-state index in [-0.39, 0.29) is 18.2 Å². The van der Waals surface area contributed by atoms with Crippen LogP contribution in [0.15, 0.2) is 0 Å². The summed E-state index contributed by atoms with van der Waals surface area (Å²) in [7, 11) is 3.25. The first-order valence-electron chi connectivity index (χ1n) is 6.77. The molecular weight excluding hydrogens is 234 g/mol. The summed E-state index contributed by atoms with van der Waals surface area (Å²) in [6.45, 7) is 0. The van der Waals surface area contributed by atoms with Gasteiger partial charge in [0.15, 0.2) is 5.79 Å². The molecule has 2 fully saturated rings. The van der Waals surface area contributed by atoms with Crippen molar-refractivity contribution < 1.29 is 19.0 Å². The summed E-state index contributed by atoms with van der Waals surface area (Å²) in [5.41, 5.74) is 0. The van der Waals surface area contributed by atoms with Gasteiger partial charge in [-0.3, -0.25) is 0 Å². The Hall–Kier alpha value is -0.810. The van der Waals surface area contributed by atoms with Crippen LogP contribution < -0.4 is 5.32 Å². The van der Waals surface area contributed by atoms with Crippen LogP contribution in [0.5, 0.6) is 0 Å². The van der Waals surface area contributed by atoms with Crippen LogP contribution in [-0.4, -0.2) is 38.2 Å². The van der Waals surface area contributed by atoms with Crippen LogP contribution >= 0.6 is 0 Å². The lowest BCUT2D eigenvalue weighted by molar-refractivity contribution is -0.237. The van der Waals surface area contributed by atoms with Crippen LogP contribution in [0.3, 0.4) is 0 Å². The van der Waals surface area contributed by atoms with Gasteiger partial charge in [0.1, 0.15) is 6.10 Å². The van der Waals surface area contributed by atoms with Crippen molar-refractivity contribution in [3.63, 3.8) is 0 Å². The number of methoxy groups -OCH3 is 2. The predicted molar refractivity (Wildman–Crippen MR) is 66.3 cm³/mol. The van der Waals surface area contributed by atoms with E-state index in [1.807, 2.05) is 0 Å². The Bertz CT molecular complexity index is 287. The molecule has 0 aromatic carbocycles. The van der Waals surface area contributed by atoms with E-state index in [4.69, 9.17) is 14.2 Å². The lowest BCUT2D eigenvalue weighted by Gasteiger charge is -2.41. The average molecular weight is 257 g/mol. The molecule has 1 atom stereocenters. The molecule has 0 heterocycles. The SMILES string of the molecule is COC1(OC)CCCC[C@H]1NC(=O)OC1CCC1. The molecule has 0 radical (unpaired) electrons. The van der Waals surface area contributed by atoms with Gasteiger partial charge in [-0.1, -0.05) is 6.42 Å². The third-order valence-electron chi connectivity index (χ3n) is 4.11. The number of nitrogens with one attached hydrogen (secondary N) is 1. The normalized spacial score (nSPS) is 27.3. The third kappa shape index (κ3) is 2.78. The largest absolute Gasteiger partial charge is 0.446 e. The molecule has 18 heavy (non-hydrogen) atoms. The Morgan fingerprint density at radius 2 is 1.83 bits per heavy atom. The monoisotopic (exact) mass is 257 g/mol. The van der Waals surface area contributed by atoms with Gasteiger partial charge in [0.05, 0.1) is 6.04 Å². The highest BCUT2D eigenvalue weighted by Crippen LogP contribution is 2.32. The summed E-state index contributed by atoms with van der Waals surface area (Å²) < 4.78 is 16.3. The van der Waals surface area contributed by atoms with Crippen LogP contribution in [0, 0.1) is 0 Å². The first-order chi connectivity index (χ1) is 8.70. The van der Waals surface area contributed by atoms with Crippen molar-refractivity contribution in [3.8, 4) is 0 Å². The lowest BCUT2D eigenvalue weighted by atomic mass is 9.89. The third-order valence-corrected chi connectivity index (χ3v) is 4.11. The number of alkyl carbamates (subject to hydrolysis) is 1. The fraction of sp³-hybridized carbons (Fsp3) is 0.923. The minimum absolute atomic E-state index is 0.105. The molecule has 5 heteroatoms. The van der Waals surface area contributed by atoms with Crippen molar-refractivity contribution in [2.75, 3.05) is 14.2 Å². The zero-order valence-corrected chi connectivity index (χ0v) is 11.2. The van der Waals surface area contributed by atoms with Crippen molar-refractivity contribution >= 4 is 6.09 Å². The molecule has 104 valence electrons. The maximum atomic E-state index is 11.8. The van der Waals surface area contributed by atoms with Crippen LogP contribution in [0.25, 0.3) is 0 Å². The number of carbonyl (C=O) groups excluding carboxylic acids is 1. The summed E-state index contributed by atoms with van der Waals surface area (Å²) >= 11 is 0. The fourth-order valence-corrected chi connectivity index (χ4v) is 2.68. The van der Waals surface area contributed by atoms with E-state index in [0.29, 0.717) is 0 Å². The lowest BCUT2D eigenvalue weighted by Crippen LogP contribution is -2.57. The van der Waals surface area contributed by atoms with Gasteiger partial charge >= 0.3 is 6.09 Å². The van der Waals surface area contributed by atoms with E-state index in [1.54, 1.807) is 14.2 Å². The van der Waals surface area contributed by atoms with Gasteiger partial charge < -0.3 is 19.5 Å². The van der Waals surface area contributed by atoms with Gasteiger partial charge in [-0.25, -0.2) is 4.79 Å². The number of rotatable bonds is 4. The fourth-order valence-electron chi connectivity index (χ4n) is 2.68. The molecule has 0 bridgehead atoms. The van der Waals surface area contributed by atoms with Crippen molar-refractivity contribution in [3.05, 3.63) is 0 Å². The number of ether oxygens (including phenoxy) is 3. The average Bonchev–Trinajstić information content (AvgIpc) is 2.35. The summed E-state index contributed by atoms with van der Waals surface area (Å²) in [4.78, 5) is 11.8. The number of amides is 1. The molecule has 2 rings (SSSR count). The summed E-state index contributed by atoms with van der Waals surface area (Å²) in [5, 5.41) is 2.90. The molecule has 0 aromatic heterocycles. The van der Waals surface area contributed by atoms with E-state index in [9.17, 15) is 4.79 Å². The van der Waals surface area contributed by atoms with Crippen LogP contribution in [-0.2, 0) is 14.2 Å². The highest BCUT2D eigenvalue weighted by Gasteiger charge is 2.42. The van der Waals surface area contributed by atoms with Crippen molar-refractivity contribution in [1.29, 1.82) is 0 Å². The van der Waals surface area contributed by atoms with Crippen molar-refractivity contribution in [2.45, 2.75) is 62.9 Å². The van der Waals surface area contributed by atoms with Crippen LogP contribution in [0.4, 0.5) is 4.79 Å². The Morgan fingerprint density at radius 3 is 2.39 bits per heavy atom. The Kier molecular flexibility index (Phi) is 4.45. The maximum absolute atomic E-state index is 11.8. The molecule has 0 saturated heterocycles. The van der Waals surface area contributed by atoms with Gasteiger partial charge in [-0.15, -0.1) is 0 Å². The second-order valence-corrected chi connectivity index (χ2v) is 5.12. The summed E-state index contributed by atoms with van der Waals surface area (Å²) in [6, 6.07) is -0.131. The first-order valence-corrected chi connectivity index (χ1v) is 6.77. The zero-order chi connectivity index (χ0) is 13.0. The van der Waals surface area contributed by atoms with E-state index in [2.05, 4.69) is 5.32 Å². The zero-order valence-electron chi connectivity index (χ0n) is 11.2. The number of hydrogen-bond acceptors (Lipinski definition) is 4. The van der Waals surface area contributed by atoms with E-state index in [1.165, 1.54) is 0 Å². The predicted octanol–water partition coefficient (Wildman–Crippen LogP) is 2.20. The van der Waals surface area contributed by atoms with Crippen LogP contribution in [0.1, 0.15) is 44.9 Å². The molecule has 2 saturated carbocycles. The number of carbonyl (C=O) groups is 1. The quantitative estimate of drug-likeness (QED) is 0.784. The highest BCUT2D eigenvalue weighted by atomic mass is 16.7. The molecule has 1 amide bonds. The van der Waals surface area contributed by atoms with Gasteiger partial charge in [-0.2, -0.15) is 0 Å². The molecule has 2 aliphatic rings. The minimum Gasteiger partial charge on any atom is -0.446 e. The minimum atomic E-state index is -0.698. The summed E-state index contributed by atoms with van der Waals surface area (Å²) in [6.07, 6.45) is 6.67. The first kappa shape index (κ1) is 13.6. The molecular formula is C13H23NO4. The molecule has 1 N–H and O–H groups in total. The standard InChI is InChI=1S/C13H23NO4/c1-16-13(17-2)9-4-3-8-11(13)14-12(15)18-10-6-5-7-10/h10-11H,3-9H2,1-2H3,(H,14,15)/t11-/m1/s1. The van der Waals surface area contributed by atoms with E-state index < -0.39 is 5.79 Å². The molecule has 0 aliphatic heterocycles. The molecule has 5 nitrogen and oxygen atoms in total. The molecule has 0 unspecified atom stereocenters. The topological polar surface area (TPSA) is 56.8 Å². The Labute approximate surface area is 108 Å². The number of hydrogen-bond donors (Lipinski definition) is 1. The van der Waals surface area contributed by atoms with Crippen molar-refractivity contribution in [1.82, 2.24) is 5.32 Å².